The van der Waals surface area contributed by atoms with Gasteiger partial charge in [-0.2, -0.15) is 0 Å². The van der Waals surface area contributed by atoms with E-state index in [-0.39, 0.29) is 17.8 Å². The molecular weight excluding hydrogens is 272 g/mol. The van der Waals surface area contributed by atoms with E-state index in [0.29, 0.717) is 12.8 Å². The fourth-order valence-electron chi connectivity index (χ4n) is 4.94. The fourth-order valence-corrected chi connectivity index (χ4v) is 4.94. The summed E-state index contributed by atoms with van der Waals surface area (Å²) in [6.45, 7) is 5.07. The molecule has 5 nitrogen and oxygen atoms in total. The third-order valence-electron chi connectivity index (χ3n) is 6.35. The highest BCUT2D eigenvalue weighted by atomic mass is 16.5. The number of carbonyl (C=O) groups excluding carboxylic acids is 1. The summed E-state index contributed by atoms with van der Waals surface area (Å²) in [4.78, 5) is 12.2. The SMILES string of the molecule is COC(=O)C1(C)C2CCC(C)(O)C3(O)C=CC(C)(O)C3C21. The highest BCUT2D eigenvalue weighted by Gasteiger charge is 2.77. The second-order valence-corrected chi connectivity index (χ2v) is 7.58. The fraction of sp³-hybridized carbons (Fsp3) is 0.812. The number of hydrogen-bond acceptors (Lipinski definition) is 5. The summed E-state index contributed by atoms with van der Waals surface area (Å²) in [7, 11) is 1.36. The lowest BCUT2D eigenvalue weighted by Gasteiger charge is -2.45. The minimum absolute atomic E-state index is 0.0156. The number of rotatable bonds is 1. The Morgan fingerprint density at radius 3 is 2.38 bits per heavy atom. The third kappa shape index (κ3) is 1.60. The van der Waals surface area contributed by atoms with Crippen LogP contribution in [0.25, 0.3) is 0 Å². The van der Waals surface area contributed by atoms with Gasteiger partial charge >= 0.3 is 5.97 Å². The molecule has 3 rings (SSSR count). The Labute approximate surface area is 124 Å². The zero-order valence-corrected chi connectivity index (χ0v) is 13.0. The van der Waals surface area contributed by atoms with E-state index in [2.05, 4.69) is 0 Å². The van der Waals surface area contributed by atoms with E-state index in [4.69, 9.17) is 4.74 Å². The largest absolute Gasteiger partial charge is 0.469 e. The monoisotopic (exact) mass is 296 g/mol. The first kappa shape index (κ1) is 15.0. The molecule has 0 spiro atoms. The lowest BCUT2D eigenvalue weighted by atomic mass is 9.69. The average Bonchev–Trinajstić information content (AvgIpc) is 2.91. The maximum atomic E-state index is 12.2. The van der Waals surface area contributed by atoms with Crippen molar-refractivity contribution in [1.82, 2.24) is 0 Å². The molecule has 0 saturated heterocycles. The van der Waals surface area contributed by atoms with E-state index in [1.165, 1.54) is 13.2 Å². The van der Waals surface area contributed by atoms with Gasteiger partial charge in [0.05, 0.1) is 23.7 Å². The summed E-state index contributed by atoms with van der Waals surface area (Å²) >= 11 is 0. The van der Waals surface area contributed by atoms with Gasteiger partial charge in [0.25, 0.3) is 0 Å². The van der Waals surface area contributed by atoms with Gasteiger partial charge in [-0.25, -0.2) is 0 Å². The first-order valence-corrected chi connectivity index (χ1v) is 7.48. The predicted octanol–water partition coefficient (Wildman–Crippen LogP) is 0.625. The van der Waals surface area contributed by atoms with Crippen LogP contribution < -0.4 is 0 Å². The normalized spacial score (nSPS) is 58.1. The lowest BCUT2D eigenvalue weighted by Crippen LogP contribution is -2.58. The van der Waals surface area contributed by atoms with E-state index < -0.39 is 28.1 Å². The van der Waals surface area contributed by atoms with Gasteiger partial charge in [-0.05, 0) is 45.4 Å². The average molecular weight is 296 g/mol. The summed E-state index contributed by atoms with van der Waals surface area (Å²) in [5.41, 5.74) is -4.79. The maximum Gasteiger partial charge on any atom is 0.312 e. The van der Waals surface area contributed by atoms with Crippen LogP contribution in [0.2, 0.25) is 0 Å². The molecule has 0 aliphatic heterocycles. The van der Waals surface area contributed by atoms with Gasteiger partial charge in [-0.3, -0.25) is 4.79 Å². The number of hydrogen-bond donors (Lipinski definition) is 3. The summed E-state index contributed by atoms with van der Waals surface area (Å²) in [6.07, 6.45) is 4.07. The Morgan fingerprint density at radius 2 is 1.81 bits per heavy atom. The van der Waals surface area contributed by atoms with Gasteiger partial charge in [0, 0.05) is 5.92 Å². The van der Waals surface area contributed by atoms with Crippen molar-refractivity contribution in [2.45, 2.75) is 50.4 Å². The Bertz CT molecular complexity index is 523. The first-order valence-electron chi connectivity index (χ1n) is 7.48. The van der Waals surface area contributed by atoms with Crippen LogP contribution in [0.5, 0.6) is 0 Å². The molecule has 0 heterocycles. The lowest BCUT2D eigenvalue weighted by molar-refractivity contribution is -0.174. The molecule has 3 aliphatic carbocycles. The molecule has 5 heteroatoms. The summed E-state index contributed by atoms with van der Waals surface area (Å²) in [6, 6.07) is 0. The Kier molecular flexibility index (Phi) is 2.78. The van der Waals surface area contributed by atoms with E-state index in [0.717, 1.165) is 0 Å². The Hall–Kier alpha value is -0.910. The number of carbonyl (C=O) groups is 1. The molecule has 2 fully saturated rings. The standard InChI is InChI=1S/C16H24O5/c1-13(18)7-8-16(20)11(13)10-9(5-6-14(16,2)19)15(10,3)12(17)21-4/h7-11,18-20H,5-6H2,1-4H3. The molecule has 0 bridgehead atoms. The first-order chi connectivity index (χ1) is 9.52. The second-order valence-electron chi connectivity index (χ2n) is 7.58. The van der Waals surface area contributed by atoms with Crippen molar-refractivity contribution in [3.8, 4) is 0 Å². The Balaban J connectivity index is 2.08. The number of esters is 1. The zero-order chi connectivity index (χ0) is 15.8. The van der Waals surface area contributed by atoms with Gasteiger partial charge in [-0.15, -0.1) is 0 Å². The van der Waals surface area contributed by atoms with E-state index in [9.17, 15) is 20.1 Å². The van der Waals surface area contributed by atoms with E-state index in [1.807, 2.05) is 6.92 Å². The van der Waals surface area contributed by atoms with Crippen LogP contribution in [0.15, 0.2) is 12.2 Å². The summed E-state index contributed by atoms with van der Waals surface area (Å²) in [5, 5.41) is 32.5. The number of ether oxygens (including phenoxy) is 1. The van der Waals surface area contributed by atoms with E-state index >= 15 is 0 Å². The number of aliphatic hydroxyl groups is 3. The van der Waals surface area contributed by atoms with Crippen molar-refractivity contribution in [3.05, 3.63) is 12.2 Å². The minimum atomic E-state index is -1.53. The van der Waals surface area contributed by atoms with Crippen molar-refractivity contribution in [1.29, 1.82) is 0 Å². The second kappa shape index (κ2) is 3.89. The Morgan fingerprint density at radius 1 is 1.19 bits per heavy atom. The summed E-state index contributed by atoms with van der Waals surface area (Å²) < 4.78 is 4.93. The van der Waals surface area contributed by atoms with Gasteiger partial charge in [0.2, 0.25) is 0 Å². The zero-order valence-electron chi connectivity index (χ0n) is 13.0. The third-order valence-corrected chi connectivity index (χ3v) is 6.35. The molecular formula is C16H24O5. The van der Waals surface area contributed by atoms with Gasteiger partial charge in [0.15, 0.2) is 0 Å². The van der Waals surface area contributed by atoms with Crippen LogP contribution in [0, 0.1) is 23.2 Å². The molecule has 0 aromatic carbocycles. The molecule has 0 aromatic rings. The molecule has 21 heavy (non-hydrogen) atoms. The highest BCUT2D eigenvalue weighted by molar-refractivity contribution is 5.81. The summed E-state index contributed by atoms with van der Waals surface area (Å²) in [5.74, 6) is -1.10. The smallest absolute Gasteiger partial charge is 0.312 e. The van der Waals surface area contributed by atoms with Crippen molar-refractivity contribution in [2.75, 3.05) is 7.11 Å². The van der Waals surface area contributed by atoms with Crippen molar-refractivity contribution < 1.29 is 24.9 Å². The predicted molar refractivity (Wildman–Crippen MR) is 75.2 cm³/mol. The minimum Gasteiger partial charge on any atom is -0.469 e. The van der Waals surface area contributed by atoms with Crippen LogP contribution in [0.1, 0.15) is 33.6 Å². The van der Waals surface area contributed by atoms with Crippen molar-refractivity contribution in [3.63, 3.8) is 0 Å². The number of methoxy groups -OCH3 is 1. The van der Waals surface area contributed by atoms with Crippen molar-refractivity contribution >= 4 is 5.97 Å². The maximum absolute atomic E-state index is 12.2. The molecule has 3 N–H and O–H groups in total. The van der Waals surface area contributed by atoms with Crippen LogP contribution in [-0.4, -0.2) is 45.2 Å². The molecule has 0 radical (unpaired) electrons. The van der Waals surface area contributed by atoms with Crippen LogP contribution in [0.3, 0.4) is 0 Å². The molecule has 7 atom stereocenters. The molecule has 2 saturated carbocycles. The topological polar surface area (TPSA) is 87.0 Å². The highest BCUT2D eigenvalue weighted by Crippen LogP contribution is 2.72. The van der Waals surface area contributed by atoms with Gasteiger partial charge in [0.1, 0.15) is 5.60 Å². The van der Waals surface area contributed by atoms with Crippen molar-refractivity contribution in [2.24, 2.45) is 23.2 Å². The molecule has 0 aromatic heterocycles. The van der Waals surface area contributed by atoms with Crippen LogP contribution in [-0.2, 0) is 9.53 Å². The molecule has 3 aliphatic rings. The van der Waals surface area contributed by atoms with Crippen LogP contribution >= 0.6 is 0 Å². The number of fused-ring (bicyclic) bond motifs is 3. The van der Waals surface area contributed by atoms with Gasteiger partial charge in [-0.1, -0.05) is 12.2 Å². The molecule has 7 unspecified atom stereocenters. The molecule has 118 valence electrons. The quantitative estimate of drug-likeness (QED) is 0.488. The molecule has 0 amide bonds. The van der Waals surface area contributed by atoms with E-state index in [1.54, 1.807) is 19.9 Å². The van der Waals surface area contributed by atoms with Gasteiger partial charge < -0.3 is 20.1 Å². The van der Waals surface area contributed by atoms with Crippen LogP contribution in [0.4, 0.5) is 0 Å².